The van der Waals surface area contributed by atoms with Crippen LogP contribution < -0.4 is 5.32 Å². The number of rotatable bonds is 6. The molecule has 2 aromatic rings. The Balaban J connectivity index is 1.91. The van der Waals surface area contributed by atoms with Gasteiger partial charge in [-0.3, -0.25) is 19.6 Å². The number of nitrogens with zero attached hydrogens (tertiary/aromatic N) is 3. The number of nitro groups is 1. The van der Waals surface area contributed by atoms with E-state index in [1.54, 1.807) is 10.9 Å². The highest BCUT2D eigenvalue weighted by Gasteiger charge is 2.19. The monoisotopic (exact) mass is 308 g/mol. The molecule has 1 amide bonds. The molecule has 0 aliphatic rings. The van der Waals surface area contributed by atoms with E-state index >= 15 is 0 Å². The second-order valence-corrected chi connectivity index (χ2v) is 4.65. The maximum Gasteiger partial charge on any atom is 0.288 e. The van der Waals surface area contributed by atoms with Crippen LogP contribution in [0.2, 0.25) is 5.02 Å². The highest BCUT2D eigenvalue weighted by atomic mass is 35.5. The van der Waals surface area contributed by atoms with Gasteiger partial charge in [0.15, 0.2) is 0 Å². The van der Waals surface area contributed by atoms with Gasteiger partial charge in [-0.25, -0.2) is 0 Å². The van der Waals surface area contributed by atoms with Crippen LogP contribution in [-0.2, 0) is 6.54 Å². The molecule has 0 spiro atoms. The molecule has 0 bridgehead atoms. The molecule has 7 nitrogen and oxygen atoms in total. The molecule has 0 fully saturated rings. The SMILES string of the molecule is O=C(NCCCn1cccn1)c1cccc([N+](=O)[O-])c1Cl. The average molecular weight is 309 g/mol. The van der Waals surface area contributed by atoms with Gasteiger partial charge < -0.3 is 5.32 Å². The second kappa shape index (κ2) is 6.85. The number of carbonyl (C=O) groups excluding carboxylic acids is 1. The summed E-state index contributed by atoms with van der Waals surface area (Å²) in [7, 11) is 0. The number of nitrogens with one attached hydrogen (secondary N) is 1. The van der Waals surface area contributed by atoms with E-state index in [9.17, 15) is 14.9 Å². The van der Waals surface area contributed by atoms with Gasteiger partial charge in [-0.15, -0.1) is 0 Å². The van der Waals surface area contributed by atoms with Crippen LogP contribution in [0.3, 0.4) is 0 Å². The molecule has 8 heteroatoms. The van der Waals surface area contributed by atoms with Gasteiger partial charge in [0.1, 0.15) is 5.02 Å². The average Bonchev–Trinajstić information content (AvgIpc) is 2.96. The Kier molecular flexibility index (Phi) is 4.89. The van der Waals surface area contributed by atoms with Crippen LogP contribution in [0.4, 0.5) is 5.69 Å². The number of hydrogen-bond donors (Lipinski definition) is 1. The van der Waals surface area contributed by atoms with Crippen molar-refractivity contribution < 1.29 is 9.72 Å². The van der Waals surface area contributed by atoms with Crippen molar-refractivity contribution in [3.8, 4) is 0 Å². The summed E-state index contributed by atoms with van der Waals surface area (Å²) in [6, 6.07) is 5.97. The van der Waals surface area contributed by atoms with Gasteiger partial charge >= 0.3 is 0 Å². The lowest BCUT2D eigenvalue weighted by atomic mass is 10.2. The largest absolute Gasteiger partial charge is 0.352 e. The lowest BCUT2D eigenvalue weighted by molar-refractivity contribution is -0.384. The molecule has 2 rings (SSSR count). The van der Waals surface area contributed by atoms with Crippen molar-refractivity contribution in [3.63, 3.8) is 0 Å². The van der Waals surface area contributed by atoms with E-state index in [1.165, 1.54) is 18.2 Å². The van der Waals surface area contributed by atoms with Gasteiger partial charge in [0, 0.05) is 31.5 Å². The number of aryl methyl sites for hydroxylation is 1. The molecule has 0 radical (unpaired) electrons. The van der Waals surface area contributed by atoms with Crippen LogP contribution in [0.1, 0.15) is 16.8 Å². The molecule has 0 aliphatic heterocycles. The summed E-state index contributed by atoms with van der Waals surface area (Å²) in [6.45, 7) is 1.10. The minimum Gasteiger partial charge on any atom is -0.352 e. The van der Waals surface area contributed by atoms with E-state index < -0.39 is 10.8 Å². The minimum absolute atomic E-state index is 0.102. The Morgan fingerprint density at radius 2 is 2.24 bits per heavy atom. The first-order valence-electron chi connectivity index (χ1n) is 6.28. The molecule has 1 aromatic carbocycles. The Hall–Kier alpha value is -2.41. The van der Waals surface area contributed by atoms with E-state index in [1.807, 2.05) is 12.3 Å². The third kappa shape index (κ3) is 3.79. The zero-order valence-corrected chi connectivity index (χ0v) is 11.8. The Bertz CT molecular complexity index is 643. The first kappa shape index (κ1) is 15.0. The standard InChI is InChI=1S/C13H13ClN4O3/c14-12-10(4-1-5-11(12)18(20)21)13(19)15-6-2-8-17-9-3-7-16-17/h1,3-5,7,9H,2,6,8H2,(H,15,19). The fourth-order valence-electron chi connectivity index (χ4n) is 1.81. The number of carbonyl (C=O) groups is 1. The number of hydrogen-bond acceptors (Lipinski definition) is 4. The van der Waals surface area contributed by atoms with E-state index in [0.717, 1.165) is 0 Å². The first-order chi connectivity index (χ1) is 10.1. The predicted octanol–water partition coefficient (Wildman–Crippen LogP) is 2.26. The van der Waals surface area contributed by atoms with Crippen molar-refractivity contribution in [2.45, 2.75) is 13.0 Å². The fourth-order valence-corrected chi connectivity index (χ4v) is 2.09. The van der Waals surface area contributed by atoms with Crippen LogP contribution in [0.25, 0.3) is 0 Å². The lowest BCUT2D eigenvalue weighted by Crippen LogP contribution is -2.25. The normalized spacial score (nSPS) is 10.3. The highest BCUT2D eigenvalue weighted by Crippen LogP contribution is 2.27. The molecule has 1 N–H and O–H groups in total. The minimum atomic E-state index is -0.614. The quantitative estimate of drug-likeness (QED) is 0.503. The zero-order chi connectivity index (χ0) is 15.2. The van der Waals surface area contributed by atoms with Crippen LogP contribution in [0.5, 0.6) is 0 Å². The summed E-state index contributed by atoms with van der Waals surface area (Å²) < 4.78 is 1.76. The molecule has 110 valence electrons. The van der Waals surface area contributed by atoms with Gasteiger partial charge in [-0.1, -0.05) is 17.7 Å². The molecular weight excluding hydrogens is 296 g/mol. The van der Waals surface area contributed by atoms with Crippen molar-refractivity contribution in [3.05, 3.63) is 57.4 Å². The fraction of sp³-hybridized carbons (Fsp3) is 0.231. The molecule has 0 saturated carbocycles. The smallest absolute Gasteiger partial charge is 0.288 e. The van der Waals surface area contributed by atoms with Gasteiger partial charge in [-0.05, 0) is 18.6 Å². The summed E-state index contributed by atoms with van der Waals surface area (Å²) in [5.74, 6) is -0.427. The Morgan fingerprint density at radius 1 is 1.43 bits per heavy atom. The van der Waals surface area contributed by atoms with Gasteiger partial charge in [0.2, 0.25) is 0 Å². The third-order valence-electron chi connectivity index (χ3n) is 2.83. The summed E-state index contributed by atoms with van der Waals surface area (Å²) in [6.07, 6.45) is 4.21. The van der Waals surface area contributed by atoms with Crippen molar-refractivity contribution in [2.75, 3.05) is 6.54 Å². The number of nitro benzene ring substituents is 1. The van der Waals surface area contributed by atoms with Crippen LogP contribution in [0, 0.1) is 10.1 Å². The predicted molar refractivity (Wildman–Crippen MR) is 77.3 cm³/mol. The number of aromatic nitrogens is 2. The van der Waals surface area contributed by atoms with Crippen molar-refractivity contribution in [1.82, 2.24) is 15.1 Å². The van der Waals surface area contributed by atoms with E-state index in [2.05, 4.69) is 10.4 Å². The van der Waals surface area contributed by atoms with Crippen LogP contribution >= 0.6 is 11.6 Å². The maximum atomic E-state index is 12.0. The maximum absolute atomic E-state index is 12.0. The van der Waals surface area contributed by atoms with Crippen molar-refractivity contribution >= 4 is 23.2 Å². The second-order valence-electron chi connectivity index (χ2n) is 4.27. The molecule has 0 atom stereocenters. The van der Waals surface area contributed by atoms with E-state index in [-0.39, 0.29) is 16.3 Å². The zero-order valence-electron chi connectivity index (χ0n) is 11.0. The lowest BCUT2D eigenvalue weighted by Gasteiger charge is -2.07. The molecule has 1 heterocycles. The van der Waals surface area contributed by atoms with Gasteiger partial charge in [0.25, 0.3) is 11.6 Å². The molecule has 1 aromatic heterocycles. The van der Waals surface area contributed by atoms with E-state index in [4.69, 9.17) is 11.6 Å². The highest BCUT2D eigenvalue weighted by molar-refractivity contribution is 6.35. The summed E-state index contributed by atoms with van der Waals surface area (Å²) in [5, 5.41) is 17.3. The van der Waals surface area contributed by atoms with Crippen molar-refractivity contribution in [2.24, 2.45) is 0 Å². The third-order valence-corrected chi connectivity index (χ3v) is 3.23. The van der Waals surface area contributed by atoms with Crippen molar-refractivity contribution in [1.29, 1.82) is 0 Å². The number of amides is 1. The van der Waals surface area contributed by atoms with Gasteiger partial charge in [0.05, 0.1) is 10.5 Å². The first-order valence-corrected chi connectivity index (χ1v) is 6.66. The molecule has 0 aliphatic carbocycles. The molecular formula is C13H13ClN4O3. The van der Waals surface area contributed by atoms with Crippen LogP contribution in [0.15, 0.2) is 36.7 Å². The number of benzene rings is 1. The molecule has 21 heavy (non-hydrogen) atoms. The molecule has 0 unspecified atom stereocenters. The summed E-state index contributed by atoms with van der Waals surface area (Å²) in [5.41, 5.74) is -0.175. The van der Waals surface area contributed by atoms with Crippen LogP contribution in [-0.4, -0.2) is 27.2 Å². The summed E-state index contributed by atoms with van der Waals surface area (Å²) in [4.78, 5) is 22.1. The Morgan fingerprint density at radius 3 is 2.90 bits per heavy atom. The van der Waals surface area contributed by atoms with E-state index in [0.29, 0.717) is 19.5 Å². The number of halogens is 1. The van der Waals surface area contributed by atoms with Gasteiger partial charge in [-0.2, -0.15) is 5.10 Å². The Labute approximate surface area is 125 Å². The molecule has 0 saturated heterocycles. The summed E-state index contributed by atoms with van der Waals surface area (Å²) >= 11 is 5.88. The topological polar surface area (TPSA) is 90.1 Å².